The van der Waals surface area contributed by atoms with Gasteiger partial charge in [-0.2, -0.15) is 0 Å². The number of likely N-dealkylation sites (tertiary alicyclic amines) is 1. The van der Waals surface area contributed by atoms with E-state index in [4.69, 9.17) is 0 Å². The Hall–Kier alpha value is -1.69. The molecule has 5 nitrogen and oxygen atoms in total. The highest BCUT2D eigenvalue weighted by atomic mass is 19.1. The largest absolute Gasteiger partial charge is 0.396 e. The van der Waals surface area contributed by atoms with Gasteiger partial charge in [0.1, 0.15) is 0 Å². The van der Waals surface area contributed by atoms with Crippen LogP contribution in [0.5, 0.6) is 0 Å². The molecular weight excluding hydrogens is 321 g/mol. The monoisotopic (exact) mass is 347 g/mol. The predicted molar refractivity (Wildman–Crippen MR) is 92.6 cm³/mol. The van der Waals surface area contributed by atoms with Gasteiger partial charge in [0.05, 0.1) is 0 Å². The number of hydrogen-bond acceptors (Lipinski definition) is 4. The van der Waals surface area contributed by atoms with Crippen molar-refractivity contribution in [3.63, 3.8) is 0 Å². The van der Waals surface area contributed by atoms with E-state index in [9.17, 15) is 14.3 Å². The van der Waals surface area contributed by atoms with Crippen molar-refractivity contribution in [2.24, 2.45) is 17.3 Å². The Labute approximate surface area is 147 Å². The number of nitrogens with zero attached hydrogens (tertiary/aromatic N) is 3. The average Bonchev–Trinajstić information content (AvgIpc) is 3.48. The fourth-order valence-corrected chi connectivity index (χ4v) is 4.58. The standard InChI is InChI=1S/C19H26FN3O2/c20-16-2-1-8-21-17(16)22-9-5-19(6-10-22)7-11-23(12-15(19)13-24)18(25)14-3-4-14/h1-2,8,14-15,24H,3-7,9-13H2/t15-/m1/s1. The normalized spacial score (nSPS) is 26.1. The molecule has 4 rings (SSSR count). The molecule has 1 saturated carbocycles. The molecule has 1 aromatic rings. The summed E-state index contributed by atoms with van der Waals surface area (Å²) < 4.78 is 14.0. The summed E-state index contributed by atoms with van der Waals surface area (Å²) >= 11 is 0. The molecule has 1 aromatic heterocycles. The molecule has 1 amide bonds. The number of piperidine rings is 2. The van der Waals surface area contributed by atoms with Gasteiger partial charge in [-0.15, -0.1) is 0 Å². The van der Waals surface area contributed by atoms with E-state index < -0.39 is 0 Å². The molecule has 1 aliphatic carbocycles. The molecule has 0 bridgehead atoms. The number of carbonyl (C=O) groups excluding carboxylic acids is 1. The highest BCUT2D eigenvalue weighted by Crippen LogP contribution is 2.46. The lowest BCUT2D eigenvalue weighted by atomic mass is 9.64. The first-order valence-electron chi connectivity index (χ1n) is 9.38. The van der Waals surface area contributed by atoms with E-state index in [-0.39, 0.29) is 35.6 Å². The molecule has 3 aliphatic rings. The van der Waals surface area contributed by atoms with Crippen LogP contribution in [0.2, 0.25) is 0 Å². The third-order valence-electron chi connectivity index (χ3n) is 6.44. The van der Waals surface area contributed by atoms with E-state index in [2.05, 4.69) is 4.98 Å². The van der Waals surface area contributed by atoms with Gasteiger partial charge in [-0.1, -0.05) is 0 Å². The SMILES string of the molecule is O=C(C1CC1)N1CCC2(CCN(c3ncccc3F)CC2)[C@@H](CO)C1. The Morgan fingerprint density at radius 1 is 1.28 bits per heavy atom. The van der Waals surface area contributed by atoms with E-state index in [1.165, 1.54) is 6.07 Å². The van der Waals surface area contributed by atoms with E-state index in [0.29, 0.717) is 12.4 Å². The Morgan fingerprint density at radius 2 is 2.00 bits per heavy atom. The number of halogens is 1. The van der Waals surface area contributed by atoms with Crippen LogP contribution in [0.15, 0.2) is 18.3 Å². The summed E-state index contributed by atoms with van der Waals surface area (Å²) in [4.78, 5) is 20.5. The first kappa shape index (κ1) is 16.8. The first-order chi connectivity index (χ1) is 12.1. The van der Waals surface area contributed by atoms with Crippen LogP contribution >= 0.6 is 0 Å². The molecule has 1 N–H and O–H groups in total. The molecule has 0 aromatic carbocycles. The van der Waals surface area contributed by atoms with E-state index in [1.54, 1.807) is 12.3 Å². The molecule has 2 aliphatic heterocycles. The van der Waals surface area contributed by atoms with Crippen LogP contribution in [0.3, 0.4) is 0 Å². The van der Waals surface area contributed by atoms with Gasteiger partial charge in [0, 0.05) is 50.8 Å². The fraction of sp³-hybridized carbons (Fsp3) is 0.684. The molecule has 1 spiro atoms. The Balaban J connectivity index is 1.43. The van der Waals surface area contributed by atoms with Gasteiger partial charge in [0.25, 0.3) is 0 Å². The molecule has 3 fully saturated rings. The number of aromatic nitrogens is 1. The minimum atomic E-state index is -0.276. The molecule has 0 unspecified atom stereocenters. The van der Waals surface area contributed by atoms with E-state index >= 15 is 0 Å². The molecule has 1 atom stereocenters. The minimum Gasteiger partial charge on any atom is -0.396 e. The summed E-state index contributed by atoms with van der Waals surface area (Å²) in [6.45, 7) is 3.09. The summed E-state index contributed by atoms with van der Waals surface area (Å²) in [7, 11) is 0. The second-order valence-electron chi connectivity index (χ2n) is 7.85. The van der Waals surface area contributed by atoms with Crippen molar-refractivity contribution in [1.82, 2.24) is 9.88 Å². The topological polar surface area (TPSA) is 56.7 Å². The van der Waals surface area contributed by atoms with Crippen molar-refractivity contribution in [1.29, 1.82) is 0 Å². The fourth-order valence-electron chi connectivity index (χ4n) is 4.58. The number of rotatable bonds is 3. The van der Waals surface area contributed by atoms with Crippen molar-refractivity contribution in [3.8, 4) is 0 Å². The van der Waals surface area contributed by atoms with Crippen LogP contribution in [0.4, 0.5) is 10.2 Å². The van der Waals surface area contributed by atoms with Crippen LogP contribution < -0.4 is 4.90 Å². The van der Waals surface area contributed by atoms with Gasteiger partial charge < -0.3 is 14.9 Å². The summed E-state index contributed by atoms with van der Waals surface area (Å²) in [5.41, 5.74) is 0.0663. The van der Waals surface area contributed by atoms with Gasteiger partial charge >= 0.3 is 0 Å². The van der Waals surface area contributed by atoms with E-state index in [1.807, 2.05) is 9.80 Å². The van der Waals surface area contributed by atoms with Gasteiger partial charge in [-0.3, -0.25) is 4.79 Å². The lowest BCUT2D eigenvalue weighted by Crippen LogP contribution is -2.55. The molecule has 0 radical (unpaired) electrons. The number of aliphatic hydroxyl groups excluding tert-OH is 1. The maximum atomic E-state index is 14.0. The predicted octanol–water partition coefficient (Wildman–Crippen LogP) is 2.06. The number of amides is 1. The van der Waals surface area contributed by atoms with Crippen LogP contribution in [-0.2, 0) is 4.79 Å². The summed E-state index contributed by atoms with van der Waals surface area (Å²) in [5, 5.41) is 9.97. The molecule has 136 valence electrons. The number of aliphatic hydroxyl groups is 1. The van der Waals surface area contributed by atoms with Crippen LogP contribution in [0.25, 0.3) is 0 Å². The van der Waals surface area contributed by atoms with Crippen molar-refractivity contribution in [2.75, 3.05) is 37.7 Å². The smallest absolute Gasteiger partial charge is 0.225 e. The summed E-state index contributed by atoms with van der Waals surface area (Å²) in [6.07, 6.45) is 6.44. The lowest BCUT2D eigenvalue weighted by molar-refractivity contribution is -0.138. The number of pyridine rings is 1. The van der Waals surface area contributed by atoms with Crippen molar-refractivity contribution in [2.45, 2.75) is 32.1 Å². The molecule has 25 heavy (non-hydrogen) atoms. The second kappa shape index (κ2) is 6.56. The summed E-state index contributed by atoms with van der Waals surface area (Å²) in [6, 6.07) is 3.06. The Morgan fingerprint density at radius 3 is 2.64 bits per heavy atom. The van der Waals surface area contributed by atoms with Crippen LogP contribution in [-0.4, -0.2) is 53.7 Å². The zero-order valence-corrected chi connectivity index (χ0v) is 14.5. The maximum Gasteiger partial charge on any atom is 0.225 e. The van der Waals surface area contributed by atoms with Crippen molar-refractivity contribution >= 4 is 11.7 Å². The van der Waals surface area contributed by atoms with E-state index in [0.717, 1.165) is 51.7 Å². The molecule has 3 heterocycles. The highest BCUT2D eigenvalue weighted by Gasteiger charge is 2.47. The Kier molecular flexibility index (Phi) is 4.40. The van der Waals surface area contributed by atoms with Crippen LogP contribution in [0.1, 0.15) is 32.1 Å². The summed E-state index contributed by atoms with van der Waals surface area (Å²) in [5.74, 6) is 0.796. The number of carbonyl (C=O) groups is 1. The third kappa shape index (κ3) is 3.12. The van der Waals surface area contributed by atoms with Gasteiger partial charge in [0.15, 0.2) is 11.6 Å². The zero-order chi connectivity index (χ0) is 17.4. The zero-order valence-electron chi connectivity index (χ0n) is 14.5. The quantitative estimate of drug-likeness (QED) is 0.909. The maximum absolute atomic E-state index is 14.0. The van der Waals surface area contributed by atoms with Gasteiger partial charge in [0.2, 0.25) is 5.91 Å². The molecule has 6 heteroatoms. The van der Waals surface area contributed by atoms with Crippen molar-refractivity contribution < 1.29 is 14.3 Å². The van der Waals surface area contributed by atoms with Gasteiger partial charge in [-0.05, 0) is 49.7 Å². The number of hydrogen-bond donors (Lipinski definition) is 1. The molecule has 2 saturated heterocycles. The lowest BCUT2D eigenvalue weighted by Gasteiger charge is -2.51. The second-order valence-corrected chi connectivity index (χ2v) is 7.85. The molecular formula is C19H26FN3O2. The third-order valence-corrected chi connectivity index (χ3v) is 6.44. The average molecular weight is 347 g/mol. The van der Waals surface area contributed by atoms with Gasteiger partial charge in [-0.25, -0.2) is 9.37 Å². The number of anilines is 1. The Bertz CT molecular complexity index is 641. The minimum absolute atomic E-state index is 0.0663. The van der Waals surface area contributed by atoms with Crippen molar-refractivity contribution in [3.05, 3.63) is 24.1 Å². The van der Waals surface area contributed by atoms with Crippen LogP contribution in [0, 0.1) is 23.1 Å². The highest BCUT2D eigenvalue weighted by molar-refractivity contribution is 5.81. The first-order valence-corrected chi connectivity index (χ1v) is 9.38.